The lowest BCUT2D eigenvalue weighted by Crippen LogP contribution is -2.32. The highest BCUT2D eigenvalue weighted by Crippen LogP contribution is 2.25. The van der Waals surface area contributed by atoms with E-state index in [1.54, 1.807) is 4.68 Å². The topological polar surface area (TPSA) is 75.9 Å². The smallest absolute Gasteiger partial charge is 0.289 e. The van der Waals surface area contributed by atoms with Crippen LogP contribution in [0.2, 0.25) is 0 Å². The third-order valence-electron chi connectivity index (χ3n) is 4.87. The van der Waals surface area contributed by atoms with Gasteiger partial charge in [0.05, 0.1) is 5.39 Å². The summed E-state index contributed by atoms with van der Waals surface area (Å²) in [7, 11) is 1.86. The van der Waals surface area contributed by atoms with Crippen molar-refractivity contribution in [2.24, 2.45) is 7.05 Å². The van der Waals surface area contributed by atoms with Crippen molar-refractivity contribution in [2.45, 2.75) is 32.7 Å². The molecule has 4 rings (SSSR count). The fourth-order valence-corrected chi connectivity index (χ4v) is 3.53. The highest BCUT2D eigenvalue weighted by Gasteiger charge is 2.21. The van der Waals surface area contributed by atoms with E-state index in [-0.39, 0.29) is 11.7 Å². The standard InChI is InChI=1S/C20H24N6O/c1-14-7-6-8-15(11-14)12-21-20(27)18-22-17-16(13-25(2)24-17)19(23-18)26-9-4-3-5-10-26/h6-8,11,13H,3-5,9-10,12H2,1-2H3,(H,21,27). The van der Waals surface area contributed by atoms with Gasteiger partial charge in [0.15, 0.2) is 5.65 Å². The molecule has 1 fully saturated rings. The van der Waals surface area contributed by atoms with E-state index < -0.39 is 0 Å². The van der Waals surface area contributed by atoms with Crippen LogP contribution in [0, 0.1) is 6.92 Å². The second-order valence-electron chi connectivity index (χ2n) is 7.13. The summed E-state index contributed by atoms with van der Waals surface area (Å²) in [6.07, 6.45) is 5.44. The lowest BCUT2D eigenvalue weighted by Gasteiger charge is -2.28. The lowest BCUT2D eigenvalue weighted by atomic mass is 10.1. The molecule has 0 aliphatic carbocycles. The number of aromatic nitrogens is 4. The van der Waals surface area contributed by atoms with Crippen LogP contribution in [-0.4, -0.2) is 38.7 Å². The van der Waals surface area contributed by atoms with E-state index in [1.807, 2.05) is 38.4 Å². The fourth-order valence-electron chi connectivity index (χ4n) is 3.53. The minimum atomic E-state index is -0.276. The largest absolute Gasteiger partial charge is 0.356 e. The second-order valence-corrected chi connectivity index (χ2v) is 7.13. The molecule has 1 aromatic carbocycles. The second kappa shape index (κ2) is 7.34. The minimum absolute atomic E-state index is 0.175. The predicted octanol–water partition coefficient (Wildman–Crippen LogP) is 2.59. The van der Waals surface area contributed by atoms with Crippen molar-refractivity contribution >= 4 is 22.8 Å². The number of piperidine rings is 1. The number of fused-ring (bicyclic) bond motifs is 1. The van der Waals surface area contributed by atoms with Crippen molar-refractivity contribution in [3.63, 3.8) is 0 Å². The Kier molecular flexibility index (Phi) is 4.75. The Morgan fingerprint density at radius 3 is 2.78 bits per heavy atom. The molecule has 7 heteroatoms. The van der Waals surface area contributed by atoms with Crippen LogP contribution < -0.4 is 10.2 Å². The summed E-state index contributed by atoms with van der Waals surface area (Å²) in [5.74, 6) is 0.713. The molecule has 1 N–H and O–H groups in total. The van der Waals surface area contributed by atoms with Gasteiger partial charge in [0, 0.05) is 32.9 Å². The van der Waals surface area contributed by atoms with Gasteiger partial charge in [-0.2, -0.15) is 5.10 Å². The molecule has 0 bridgehead atoms. The van der Waals surface area contributed by atoms with Crippen molar-refractivity contribution < 1.29 is 4.79 Å². The van der Waals surface area contributed by atoms with Crippen molar-refractivity contribution in [1.29, 1.82) is 0 Å². The molecule has 0 spiro atoms. The molecular weight excluding hydrogens is 340 g/mol. The van der Waals surface area contributed by atoms with Crippen LogP contribution in [0.3, 0.4) is 0 Å². The molecular formula is C20H24N6O. The fraction of sp³-hybridized carbons (Fsp3) is 0.400. The van der Waals surface area contributed by atoms with Crippen molar-refractivity contribution in [3.05, 3.63) is 47.4 Å². The van der Waals surface area contributed by atoms with Crippen LogP contribution in [-0.2, 0) is 13.6 Å². The van der Waals surface area contributed by atoms with Gasteiger partial charge in [-0.25, -0.2) is 9.97 Å². The number of hydrogen-bond acceptors (Lipinski definition) is 5. The van der Waals surface area contributed by atoms with E-state index in [0.29, 0.717) is 12.2 Å². The molecule has 3 aromatic rings. The van der Waals surface area contributed by atoms with Gasteiger partial charge >= 0.3 is 0 Å². The van der Waals surface area contributed by atoms with E-state index in [1.165, 1.54) is 12.0 Å². The zero-order valence-electron chi connectivity index (χ0n) is 15.8. The van der Waals surface area contributed by atoms with Crippen LogP contribution in [0.15, 0.2) is 30.5 Å². The monoisotopic (exact) mass is 364 g/mol. The molecule has 1 aliphatic rings. The Balaban J connectivity index is 1.61. The number of amides is 1. The van der Waals surface area contributed by atoms with Gasteiger partial charge < -0.3 is 10.2 Å². The van der Waals surface area contributed by atoms with Gasteiger partial charge in [-0.15, -0.1) is 0 Å². The third kappa shape index (κ3) is 3.77. The summed E-state index contributed by atoms with van der Waals surface area (Å²) >= 11 is 0. The summed E-state index contributed by atoms with van der Waals surface area (Å²) < 4.78 is 1.72. The van der Waals surface area contributed by atoms with Crippen LogP contribution >= 0.6 is 0 Å². The van der Waals surface area contributed by atoms with Gasteiger partial charge in [-0.05, 0) is 31.7 Å². The van der Waals surface area contributed by atoms with Gasteiger partial charge in [0.2, 0.25) is 5.82 Å². The number of anilines is 1. The molecule has 0 radical (unpaired) electrons. The summed E-state index contributed by atoms with van der Waals surface area (Å²) in [6, 6.07) is 8.08. The zero-order chi connectivity index (χ0) is 18.8. The molecule has 140 valence electrons. The summed E-state index contributed by atoms with van der Waals surface area (Å²) in [5, 5.41) is 8.23. The van der Waals surface area contributed by atoms with Gasteiger partial charge in [-0.1, -0.05) is 29.8 Å². The Labute approximate surface area is 158 Å². The third-order valence-corrected chi connectivity index (χ3v) is 4.87. The number of benzene rings is 1. The molecule has 1 aliphatic heterocycles. The number of rotatable bonds is 4. The Morgan fingerprint density at radius 1 is 1.19 bits per heavy atom. The van der Waals surface area contributed by atoms with Gasteiger partial charge in [0.25, 0.3) is 5.91 Å². The van der Waals surface area contributed by atoms with E-state index in [0.717, 1.165) is 42.7 Å². The number of nitrogens with one attached hydrogen (secondary N) is 1. The SMILES string of the molecule is Cc1cccc(CNC(=O)c2nc(N3CCCCC3)c3cn(C)nc3n2)c1. The Bertz CT molecular complexity index is 974. The Morgan fingerprint density at radius 2 is 2.00 bits per heavy atom. The first-order chi connectivity index (χ1) is 13.1. The highest BCUT2D eigenvalue weighted by molar-refractivity contribution is 5.95. The molecule has 1 saturated heterocycles. The van der Waals surface area contributed by atoms with Crippen molar-refractivity contribution in [2.75, 3.05) is 18.0 Å². The summed E-state index contributed by atoms with van der Waals surface area (Å²) in [6.45, 7) is 4.38. The maximum atomic E-state index is 12.7. The van der Waals surface area contributed by atoms with Crippen LogP contribution in [0.1, 0.15) is 41.0 Å². The van der Waals surface area contributed by atoms with Crippen LogP contribution in [0.4, 0.5) is 5.82 Å². The molecule has 7 nitrogen and oxygen atoms in total. The zero-order valence-corrected chi connectivity index (χ0v) is 15.8. The highest BCUT2D eigenvalue weighted by atomic mass is 16.2. The quantitative estimate of drug-likeness (QED) is 0.770. The van der Waals surface area contributed by atoms with E-state index in [4.69, 9.17) is 0 Å². The molecule has 27 heavy (non-hydrogen) atoms. The van der Waals surface area contributed by atoms with Crippen LogP contribution in [0.25, 0.3) is 11.0 Å². The average Bonchev–Trinajstić information content (AvgIpc) is 3.06. The van der Waals surface area contributed by atoms with Gasteiger partial charge in [-0.3, -0.25) is 9.48 Å². The normalized spacial score (nSPS) is 14.5. The van der Waals surface area contributed by atoms with E-state index in [9.17, 15) is 4.79 Å². The molecule has 0 saturated carbocycles. The minimum Gasteiger partial charge on any atom is -0.356 e. The van der Waals surface area contributed by atoms with E-state index >= 15 is 0 Å². The molecule has 3 heterocycles. The molecule has 2 aromatic heterocycles. The van der Waals surface area contributed by atoms with Crippen molar-refractivity contribution in [3.8, 4) is 0 Å². The van der Waals surface area contributed by atoms with E-state index in [2.05, 4.69) is 31.3 Å². The number of carbonyl (C=O) groups is 1. The summed E-state index contributed by atoms with van der Waals surface area (Å²) in [5.41, 5.74) is 2.78. The predicted molar refractivity (Wildman–Crippen MR) is 105 cm³/mol. The lowest BCUT2D eigenvalue weighted by molar-refractivity contribution is 0.0941. The molecule has 0 atom stereocenters. The first-order valence-electron chi connectivity index (χ1n) is 9.40. The number of hydrogen-bond donors (Lipinski definition) is 1. The van der Waals surface area contributed by atoms with Crippen LogP contribution in [0.5, 0.6) is 0 Å². The summed E-state index contributed by atoms with van der Waals surface area (Å²) in [4.78, 5) is 24.0. The first-order valence-corrected chi connectivity index (χ1v) is 9.40. The molecule has 1 amide bonds. The number of nitrogens with zero attached hydrogens (tertiary/aromatic N) is 5. The molecule has 0 unspecified atom stereocenters. The Hall–Kier alpha value is -2.96. The van der Waals surface area contributed by atoms with Gasteiger partial charge in [0.1, 0.15) is 5.82 Å². The van der Waals surface area contributed by atoms with Crippen molar-refractivity contribution in [1.82, 2.24) is 25.1 Å². The number of aryl methyl sites for hydroxylation is 2. The first kappa shape index (κ1) is 17.5. The maximum Gasteiger partial charge on any atom is 0.289 e. The average molecular weight is 364 g/mol. The maximum absolute atomic E-state index is 12.7. The number of carbonyl (C=O) groups excluding carboxylic acids is 1.